The maximum Gasteiger partial charge on any atom is 0.303 e. The average Bonchev–Trinajstić information content (AvgIpc) is 2.93. The lowest BCUT2D eigenvalue weighted by Crippen LogP contribution is -2.14. The van der Waals surface area contributed by atoms with Gasteiger partial charge in [-0.2, -0.15) is 0 Å². The van der Waals surface area contributed by atoms with Crippen molar-refractivity contribution < 1.29 is 19.6 Å². The molecular weight excluding hydrogens is 348 g/mol. The van der Waals surface area contributed by atoms with Crippen LogP contribution in [-0.4, -0.2) is 26.5 Å². The lowest BCUT2D eigenvalue weighted by atomic mass is 10.0. The Kier molecular flexibility index (Phi) is 5.03. The van der Waals surface area contributed by atoms with Crippen molar-refractivity contribution >= 4 is 28.5 Å². The molecule has 2 aromatic carbocycles. The molecule has 0 aliphatic carbocycles. The van der Waals surface area contributed by atoms with Crippen molar-refractivity contribution in [1.29, 1.82) is 0 Å². The monoisotopic (exact) mass is 366 g/mol. The molecule has 0 fully saturated rings. The quantitative estimate of drug-likeness (QED) is 0.525. The van der Waals surface area contributed by atoms with Crippen molar-refractivity contribution in [2.24, 2.45) is 0 Å². The van der Waals surface area contributed by atoms with Gasteiger partial charge in [-0.25, -0.2) is 0 Å². The number of carboxylic acids is 1. The number of nitro benzene ring substituents is 1. The zero-order valence-corrected chi connectivity index (χ0v) is 14.7. The van der Waals surface area contributed by atoms with Crippen molar-refractivity contribution in [3.8, 4) is 0 Å². The Morgan fingerprint density at radius 1 is 1.15 bits per heavy atom. The molecule has 1 N–H and O–H groups in total. The van der Waals surface area contributed by atoms with Crippen LogP contribution >= 0.6 is 0 Å². The molecule has 0 atom stereocenters. The number of nitrogens with zero attached hydrogens (tertiary/aromatic N) is 2. The third kappa shape index (κ3) is 3.57. The number of aliphatic carboxylic acids is 1. The van der Waals surface area contributed by atoms with E-state index in [1.807, 2.05) is 31.2 Å². The third-order valence-electron chi connectivity index (χ3n) is 4.57. The summed E-state index contributed by atoms with van der Waals surface area (Å²) in [5.74, 6) is -1.21. The molecule has 1 heterocycles. The molecule has 1 aromatic heterocycles. The van der Waals surface area contributed by atoms with Crippen molar-refractivity contribution in [1.82, 2.24) is 4.57 Å². The Labute approximate surface area is 155 Å². The van der Waals surface area contributed by atoms with E-state index in [2.05, 4.69) is 0 Å². The van der Waals surface area contributed by atoms with Crippen LogP contribution in [0.15, 0.2) is 48.5 Å². The molecular formula is C20H18N2O5. The maximum atomic E-state index is 13.1. The number of fused-ring (bicyclic) bond motifs is 1. The van der Waals surface area contributed by atoms with Crippen LogP contribution in [0.1, 0.15) is 34.5 Å². The van der Waals surface area contributed by atoms with E-state index in [4.69, 9.17) is 5.11 Å². The number of rotatable bonds is 6. The van der Waals surface area contributed by atoms with E-state index in [0.29, 0.717) is 18.4 Å². The van der Waals surface area contributed by atoms with Crippen molar-refractivity contribution in [2.45, 2.75) is 26.2 Å². The normalized spacial score (nSPS) is 10.9. The number of aryl methyl sites for hydroxylation is 1. The number of aromatic nitrogens is 1. The molecule has 0 aliphatic heterocycles. The number of hydrogen-bond acceptors (Lipinski definition) is 4. The van der Waals surface area contributed by atoms with Crippen LogP contribution in [0.3, 0.4) is 0 Å². The fraction of sp³-hybridized carbons (Fsp3) is 0.200. The van der Waals surface area contributed by atoms with Gasteiger partial charge >= 0.3 is 5.97 Å². The maximum absolute atomic E-state index is 13.1. The Balaban J connectivity index is 2.07. The minimum Gasteiger partial charge on any atom is -0.481 e. The van der Waals surface area contributed by atoms with E-state index in [0.717, 1.165) is 16.6 Å². The molecule has 0 saturated heterocycles. The topological polar surface area (TPSA) is 102 Å². The van der Waals surface area contributed by atoms with Crippen LogP contribution in [0.4, 0.5) is 5.69 Å². The predicted octanol–water partition coefficient (Wildman–Crippen LogP) is 3.95. The Morgan fingerprint density at radius 2 is 1.89 bits per heavy atom. The zero-order chi connectivity index (χ0) is 19.6. The van der Waals surface area contributed by atoms with E-state index >= 15 is 0 Å². The highest BCUT2D eigenvalue weighted by Crippen LogP contribution is 2.28. The van der Waals surface area contributed by atoms with Crippen LogP contribution in [0, 0.1) is 17.0 Å². The van der Waals surface area contributed by atoms with E-state index in [1.165, 1.54) is 18.2 Å². The molecule has 138 valence electrons. The zero-order valence-electron chi connectivity index (χ0n) is 14.7. The molecule has 3 aromatic rings. The second-order valence-corrected chi connectivity index (χ2v) is 6.28. The molecule has 3 rings (SSSR count). The summed E-state index contributed by atoms with van der Waals surface area (Å²) >= 11 is 0. The molecule has 27 heavy (non-hydrogen) atoms. The first-order valence-corrected chi connectivity index (χ1v) is 8.50. The molecule has 0 aliphatic rings. The Morgan fingerprint density at radius 3 is 2.59 bits per heavy atom. The summed E-state index contributed by atoms with van der Waals surface area (Å²) in [5, 5.41) is 20.8. The first-order chi connectivity index (χ1) is 12.9. The predicted molar refractivity (Wildman–Crippen MR) is 100 cm³/mol. The fourth-order valence-electron chi connectivity index (χ4n) is 3.31. The second-order valence-electron chi connectivity index (χ2n) is 6.28. The number of carbonyl (C=O) groups excluding carboxylic acids is 1. The highest BCUT2D eigenvalue weighted by atomic mass is 16.6. The number of nitro groups is 1. The van der Waals surface area contributed by atoms with Crippen molar-refractivity contribution in [3.63, 3.8) is 0 Å². The largest absolute Gasteiger partial charge is 0.481 e. The number of non-ortho nitro benzene ring substituents is 1. The molecule has 0 amide bonds. The van der Waals surface area contributed by atoms with Gasteiger partial charge in [0.25, 0.3) is 11.6 Å². The lowest BCUT2D eigenvalue weighted by Gasteiger charge is -2.08. The summed E-state index contributed by atoms with van der Waals surface area (Å²) in [6.07, 6.45) is 1.06. The molecule has 0 radical (unpaired) electrons. The van der Waals surface area contributed by atoms with Crippen LogP contribution in [0.5, 0.6) is 0 Å². The van der Waals surface area contributed by atoms with Gasteiger partial charge in [0.2, 0.25) is 0 Å². The number of benzene rings is 2. The van der Waals surface area contributed by atoms with Crippen LogP contribution < -0.4 is 0 Å². The van der Waals surface area contributed by atoms with E-state index in [9.17, 15) is 19.7 Å². The summed E-state index contributed by atoms with van der Waals surface area (Å²) in [6, 6.07) is 13.0. The minimum atomic E-state index is -0.857. The standard InChI is InChI=1S/C20H18N2O5/c1-13-16(9-5-11-19(23)24)17-8-2-3-10-18(17)21(13)20(25)14-6-4-7-15(12-14)22(26)27/h2-4,6-8,10,12H,5,9,11H2,1H3,(H,23,24). The number of carbonyl (C=O) groups is 2. The first-order valence-electron chi connectivity index (χ1n) is 8.50. The van der Waals surface area contributed by atoms with Gasteiger partial charge in [-0.1, -0.05) is 24.3 Å². The van der Waals surface area contributed by atoms with Gasteiger partial charge in [-0.3, -0.25) is 24.3 Å². The van der Waals surface area contributed by atoms with Gasteiger partial charge in [-0.15, -0.1) is 0 Å². The van der Waals surface area contributed by atoms with Gasteiger partial charge in [0.1, 0.15) is 0 Å². The summed E-state index contributed by atoms with van der Waals surface area (Å²) in [6.45, 7) is 1.81. The van der Waals surface area contributed by atoms with Gasteiger partial charge in [-0.05, 0) is 37.5 Å². The van der Waals surface area contributed by atoms with Crippen LogP contribution in [0.25, 0.3) is 10.9 Å². The molecule has 0 bridgehead atoms. The van der Waals surface area contributed by atoms with Crippen molar-refractivity contribution in [3.05, 3.63) is 75.5 Å². The number of hydrogen-bond donors (Lipinski definition) is 1. The number of para-hydroxylation sites is 1. The first kappa shape index (κ1) is 18.3. The SMILES string of the molecule is Cc1c(CCCC(=O)O)c2ccccc2n1C(=O)c1cccc([N+](=O)[O-])c1. The van der Waals surface area contributed by atoms with Crippen molar-refractivity contribution in [2.75, 3.05) is 0 Å². The van der Waals surface area contributed by atoms with E-state index < -0.39 is 10.9 Å². The number of carboxylic acid groups (broad SMARTS) is 1. The lowest BCUT2D eigenvalue weighted by molar-refractivity contribution is -0.384. The van der Waals surface area contributed by atoms with Gasteiger partial charge in [0.15, 0.2) is 0 Å². The minimum absolute atomic E-state index is 0.0533. The molecule has 7 heteroatoms. The van der Waals surface area contributed by atoms with Crippen LogP contribution in [0.2, 0.25) is 0 Å². The second kappa shape index (κ2) is 7.41. The summed E-state index contributed by atoms with van der Waals surface area (Å²) in [4.78, 5) is 34.4. The fourth-order valence-corrected chi connectivity index (χ4v) is 3.31. The molecule has 0 spiro atoms. The molecule has 0 unspecified atom stereocenters. The highest BCUT2D eigenvalue weighted by Gasteiger charge is 2.21. The Bertz CT molecular complexity index is 1050. The highest BCUT2D eigenvalue weighted by molar-refractivity contribution is 6.04. The van der Waals surface area contributed by atoms with Gasteiger partial charge in [0, 0.05) is 35.2 Å². The molecule has 0 saturated carbocycles. The smallest absolute Gasteiger partial charge is 0.303 e. The van der Waals surface area contributed by atoms with E-state index in [-0.39, 0.29) is 23.6 Å². The summed E-state index contributed by atoms with van der Waals surface area (Å²) in [5.41, 5.74) is 2.43. The molecule has 7 nitrogen and oxygen atoms in total. The van der Waals surface area contributed by atoms with Gasteiger partial charge in [0.05, 0.1) is 10.4 Å². The summed E-state index contributed by atoms with van der Waals surface area (Å²) in [7, 11) is 0. The summed E-state index contributed by atoms with van der Waals surface area (Å²) < 4.78 is 1.55. The van der Waals surface area contributed by atoms with Crippen LogP contribution in [-0.2, 0) is 11.2 Å². The average molecular weight is 366 g/mol. The third-order valence-corrected chi connectivity index (χ3v) is 4.57. The Hall–Kier alpha value is -3.48. The van der Waals surface area contributed by atoms with E-state index in [1.54, 1.807) is 10.6 Å². The van der Waals surface area contributed by atoms with Gasteiger partial charge < -0.3 is 5.11 Å².